The van der Waals surface area contributed by atoms with Gasteiger partial charge in [0.05, 0.1) is 11.1 Å². The Morgan fingerprint density at radius 3 is 2.96 bits per heavy atom. The van der Waals surface area contributed by atoms with Gasteiger partial charge in [-0.1, -0.05) is 24.8 Å². The number of hydrogen-bond acceptors (Lipinski definition) is 6. The number of fused-ring (bicyclic) bond motifs is 3. The fraction of sp³-hybridized carbons (Fsp3) is 0.474. The van der Waals surface area contributed by atoms with Crippen LogP contribution in [0, 0.1) is 5.92 Å². The van der Waals surface area contributed by atoms with E-state index in [0.717, 1.165) is 41.4 Å². The zero-order chi connectivity index (χ0) is 20.3. The maximum Gasteiger partial charge on any atom is 0.321 e. The van der Waals surface area contributed by atoms with Crippen LogP contribution < -0.4 is 16.2 Å². The van der Waals surface area contributed by atoms with Gasteiger partial charge in [-0.25, -0.2) is 9.78 Å². The van der Waals surface area contributed by atoms with Crippen LogP contribution in [-0.4, -0.2) is 33.8 Å². The van der Waals surface area contributed by atoms with Gasteiger partial charge in [-0.15, -0.1) is 17.9 Å². The molecule has 0 saturated heterocycles. The molecule has 3 rings (SSSR count). The van der Waals surface area contributed by atoms with Crippen LogP contribution in [0.4, 0.5) is 4.79 Å². The minimum atomic E-state index is -0.528. The number of thiophene rings is 1. The van der Waals surface area contributed by atoms with Gasteiger partial charge in [0.1, 0.15) is 4.83 Å². The number of thioether (sulfide) groups is 1. The van der Waals surface area contributed by atoms with Crippen molar-refractivity contribution >= 4 is 45.3 Å². The first-order valence-electron chi connectivity index (χ1n) is 9.31. The summed E-state index contributed by atoms with van der Waals surface area (Å²) in [4.78, 5) is 43.3. The second-order valence-corrected chi connectivity index (χ2v) is 8.85. The molecule has 1 atom stereocenters. The van der Waals surface area contributed by atoms with Crippen molar-refractivity contribution in [3.8, 4) is 0 Å². The fourth-order valence-corrected chi connectivity index (χ4v) is 5.54. The molecule has 0 saturated carbocycles. The first-order valence-corrected chi connectivity index (χ1v) is 11.1. The van der Waals surface area contributed by atoms with Gasteiger partial charge in [0.2, 0.25) is 5.91 Å². The van der Waals surface area contributed by atoms with Gasteiger partial charge in [-0.2, -0.15) is 0 Å². The maximum absolute atomic E-state index is 13.2. The monoisotopic (exact) mass is 420 g/mol. The highest BCUT2D eigenvalue weighted by molar-refractivity contribution is 7.99. The molecule has 2 aromatic heterocycles. The van der Waals surface area contributed by atoms with Gasteiger partial charge in [-0.05, 0) is 37.7 Å². The van der Waals surface area contributed by atoms with E-state index >= 15 is 0 Å². The van der Waals surface area contributed by atoms with Crippen LogP contribution in [0.3, 0.4) is 0 Å². The van der Waals surface area contributed by atoms with Gasteiger partial charge in [0.25, 0.3) is 5.56 Å². The molecule has 0 radical (unpaired) electrons. The lowest BCUT2D eigenvalue weighted by Gasteiger charge is -2.17. The lowest BCUT2D eigenvalue weighted by molar-refractivity contribution is -0.117. The van der Waals surface area contributed by atoms with Gasteiger partial charge in [0, 0.05) is 18.0 Å². The Labute approximate surface area is 171 Å². The van der Waals surface area contributed by atoms with Crippen molar-refractivity contribution < 1.29 is 9.59 Å². The number of carbonyl (C=O) groups is 2. The minimum absolute atomic E-state index is 0.00561. The number of amides is 3. The molecule has 2 aromatic rings. The Balaban J connectivity index is 1.90. The predicted molar refractivity (Wildman–Crippen MR) is 113 cm³/mol. The van der Waals surface area contributed by atoms with E-state index in [9.17, 15) is 14.4 Å². The molecule has 7 nitrogen and oxygen atoms in total. The van der Waals surface area contributed by atoms with Crippen LogP contribution in [0.2, 0.25) is 0 Å². The largest absolute Gasteiger partial charge is 0.338 e. The Kier molecular flexibility index (Phi) is 6.56. The predicted octanol–water partition coefficient (Wildman–Crippen LogP) is 2.71. The Morgan fingerprint density at radius 2 is 2.25 bits per heavy atom. The Hall–Kier alpha value is -2.13. The highest BCUT2D eigenvalue weighted by Gasteiger charge is 2.24. The van der Waals surface area contributed by atoms with Crippen LogP contribution in [0.25, 0.3) is 10.2 Å². The van der Waals surface area contributed by atoms with Gasteiger partial charge in [0.15, 0.2) is 5.16 Å². The van der Waals surface area contributed by atoms with E-state index in [1.807, 2.05) is 0 Å². The average Bonchev–Trinajstić information content (AvgIpc) is 3.00. The van der Waals surface area contributed by atoms with Gasteiger partial charge in [-0.3, -0.25) is 19.5 Å². The average molecular weight is 421 g/mol. The summed E-state index contributed by atoms with van der Waals surface area (Å²) < 4.78 is 1.56. The number of hydrogen-bond donors (Lipinski definition) is 2. The van der Waals surface area contributed by atoms with Gasteiger partial charge >= 0.3 is 6.03 Å². The number of urea groups is 1. The lowest BCUT2D eigenvalue weighted by Crippen LogP contribution is -2.40. The van der Waals surface area contributed by atoms with E-state index in [0.29, 0.717) is 29.6 Å². The third-order valence-corrected chi connectivity index (χ3v) is 6.74. The second kappa shape index (κ2) is 8.91. The summed E-state index contributed by atoms with van der Waals surface area (Å²) in [5.41, 5.74) is 1.06. The molecule has 0 fully saturated rings. The third-order valence-electron chi connectivity index (χ3n) is 4.61. The van der Waals surface area contributed by atoms with Gasteiger partial charge < -0.3 is 5.32 Å². The van der Waals surface area contributed by atoms with E-state index < -0.39 is 11.9 Å². The lowest BCUT2D eigenvalue weighted by atomic mass is 9.89. The summed E-state index contributed by atoms with van der Waals surface area (Å²) in [6, 6.07) is -0.528. The standard InChI is InChI=1S/C19H24N4O3S2/c1-4-8-23-17(25)15-12-7-6-11(3)9-13(12)28-16(15)22-19(23)27-10-14(24)21-18(26)20-5-2/h4,11H,1,5-10H2,2-3H3,(H2,20,21,24,26). The number of aryl methyl sites for hydroxylation is 1. The number of rotatable bonds is 6. The second-order valence-electron chi connectivity index (χ2n) is 6.83. The number of imide groups is 1. The molecule has 0 bridgehead atoms. The maximum atomic E-state index is 13.2. The number of aromatic nitrogens is 2. The zero-order valence-corrected chi connectivity index (χ0v) is 17.7. The number of nitrogens with one attached hydrogen (secondary N) is 2. The van der Waals surface area contributed by atoms with Crippen molar-refractivity contribution in [2.45, 2.75) is 44.8 Å². The van der Waals surface area contributed by atoms with E-state index in [1.54, 1.807) is 28.9 Å². The molecule has 1 aliphatic carbocycles. The summed E-state index contributed by atoms with van der Waals surface area (Å²) >= 11 is 2.73. The summed E-state index contributed by atoms with van der Waals surface area (Å²) in [5, 5.41) is 5.95. The third kappa shape index (κ3) is 4.30. The molecule has 1 aliphatic rings. The van der Waals surface area contributed by atoms with Crippen LogP contribution in [0.5, 0.6) is 0 Å². The molecule has 2 heterocycles. The topological polar surface area (TPSA) is 93.1 Å². The molecule has 3 amide bonds. The molecule has 0 spiro atoms. The van der Waals surface area contributed by atoms with E-state index in [1.165, 1.54) is 4.88 Å². The van der Waals surface area contributed by atoms with Crippen molar-refractivity contribution in [3.63, 3.8) is 0 Å². The summed E-state index contributed by atoms with van der Waals surface area (Å²) in [5.74, 6) is 0.173. The highest BCUT2D eigenvalue weighted by Crippen LogP contribution is 2.36. The van der Waals surface area contributed by atoms with Crippen molar-refractivity contribution in [2.24, 2.45) is 5.92 Å². The summed E-state index contributed by atoms with van der Waals surface area (Å²) in [7, 11) is 0. The van der Waals surface area contributed by atoms with Crippen molar-refractivity contribution in [1.82, 2.24) is 20.2 Å². The smallest absolute Gasteiger partial charge is 0.321 e. The summed E-state index contributed by atoms with van der Waals surface area (Å²) in [6.45, 7) is 8.49. The molecular weight excluding hydrogens is 396 g/mol. The molecule has 150 valence electrons. The normalized spacial score (nSPS) is 15.9. The fourth-order valence-electron chi connectivity index (χ4n) is 3.30. The van der Waals surface area contributed by atoms with Crippen LogP contribution in [0.15, 0.2) is 22.6 Å². The van der Waals surface area contributed by atoms with Crippen molar-refractivity contribution in [1.29, 1.82) is 0 Å². The molecule has 0 aliphatic heterocycles. The first-order chi connectivity index (χ1) is 13.4. The van der Waals surface area contributed by atoms with Crippen LogP contribution in [0.1, 0.15) is 30.7 Å². The Bertz CT molecular complexity index is 980. The van der Waals surface area contributed by atoms with Crippen LogP contribution >= 0.6 is 23.1 Å². The van der Waals surface area contributed by atoms with Crippen molar-refractivity contribution in [2.75, 3.05) is 12.3 Å². The molecule has 2 N–H and O–H groups in total. The number of carbonyl (C=O) groups excluding carboxylic acids is 2. The number of nitrogens with zero attached hydrogens (tertiary/aromatic N) is 2. The van der Waals surface area contributed by atoms with E-state index in [4.69, 9.17) is 0 Å². The zero-order valence-electron chi connectivity index (χ0n) is 16.0. The molecular formula is C19H24N4O3S2. The minimum Gasteiger partial charge on any atom is -0.338 e. The van der Waals surface area contributed by atoms with E-state index in [2.05, 4.69) is 29.1 Å². The first kappa shape index (κ1) is 20.6. The molecule has 1 unspecified atom stereocenters. The molecule has 0 aromatic carbocycles. The van der Waals surface area contributed by atoms with Crippen molar-refractivity contribution in [3.05, 3.63) is 33.4 Å². The SMILES string of the molecule is C=CCn1c(SCC(=O)NC(=O)NCC)nc2sc3c(c2c1=O)CCC(C)C3. The molecule has 28 heavy (non-hydrogen) atoms. The van der Waals surface area contributed by atoms with E-state index in [-0.39, 0.29) is 11.3 Å². The Morgan fingerprint density at radius 1 is 1.46 bits per heavy atom. The quantitative estimate of drug-likeness (QED) is 0.426. The molecule has 9 heteroatoms. The highest BCUT2D eigenvalue weighted by atomic mass is 32.2. The summed E-state index contributed by atoms with van der Waals surface area (Å²) in [6.07, 6.45) is 4.61. The van der Waals surface area contributed by atoms with Crippen LogP contribution in [-0.2, 0) is 24.2 Å². The number of allylic oxidation sites excluding steroid dienone is 1.